The monoisotopic (exact) mass is 786 g/mol. The summed E-state index contributed by atoms with van der Waals surface area (Å²) >= 11 is 6.90. The van der Waals surface area contributed by atoms with Gasteiger partial charge in [0, 0.05) is 38.3 Å². The Morgan fingerprint density at radius 2 is 1.11 bits per heavy atom. The van der Waals surface area contributed by atoms with Crippen molar-refractivity contribution in [1.82, 2.24) is 19.4 Å². The number of hydrogen-bond donors (Lipinski definition) is 0. The molecule has 0 radical (unpaired) electrons. The van der Waals surface area contributed by atoms with Crippen LogP contribution in [0, 0.1) is 0 Å². The highest BCUT2D eigenvalue weighted by Gasteiger charge is 2.33. The van der Waals surface area contributed by atoms with Gasteiger partial charge in [0.05, 0.1) is 28.1 Å². The van der Waals surface area contributed by atoms with E-state index in [0.29, 0.717) is 5.57 Å². The average molecular weight is 787 g/mol. The van der Waals surface area contributed by atoms with E-state index in [2.05, 4.69) is 89.3 Å². The highest BCUT2D eigenvalue weighted by molar-refractivity contribution is 8.25. The Kier molecular flexibility index (Phi) is 7.84. The maximum atomic E-state index is 16.0. The van der Waals surface area contributed by atoms with Gasteiger partial charge in [-0.15, -0.1) is 0 Å². The lowest BCUT2D eigenvalue weighted by Gasteiger charge is -2.23. The Hall–Kier alpha value is -6.29. The third kappa shape index (κ3) is 5.19. The first-order valence-electron chi connectivity index (χ1n) is 18.8. The summed E-state index contributed by atoms with van der Waals surface area (Å²) in [6, 6.07) is 60.9. The first-order valence-corrected chi connectivity index (χ1v) is 23.3. The number of pyridine rings is 1. The van der Waals surface area contributed by atoms with E-state index in [9.17, 15) is 0 Å². The zero-order chi connectivity index (χ0) is 38.1. The molecule has 3 aromatic heterocycles. The van der Waals surface area contributed by atoms with Crippen molar-refractivity contribution in [3.8, 4) is 0 Å². The molecule has 0 aliphatic heterocycles. The molecule has 0 saturated heterocycles. The van der Waals surface area contributed by atoms with Gasteiger partial charge < -0.3 is 4.57 Å². The van der Waals surface area contributed by atoms with E-state index in [1.165, 1.54) is 0 Å². The summed E-state index contributed by atoms with van der Waals surface area (Å²) in [6.07, 6.45) is 1.89. The quantitative estimate of drug-likeness (QED) is 0.124. The first kappa shape index (κ1) is 34.0. The van der Waals surface area contributed by atoms with E-state index in [4.69, 9.17) is 26.8 Å². The van der Waals surface area contributed by atoms with Crippen molar-refractivity contribution in [3.63, 3.8) is 0 Å². The molecule has 11 rings (SSSR count). The molecule has 57 heavy (non-hydrogen) atoms. The first-order chi connectivity index (χ1) is 28.0. The van der Waals surface area contributed by atoms with Crippen LogP contribution >= 0.6 is 13.2 Å². The molecule has 11 aromatic rings. The molecule has 0 aliphatic rings. The van der Waals surface area contributed by atoms with Gasteiger partial charge in [-0.25, -0.2) is 15.0 Å². The maximum absolute atomic E-state index is 16.0. The molecule has 0 saturated carbocycles. The molecule has 0 N–H and O–H groups in total. The lowest BCUT2D eigenvalue weighted by atomic mass is 10.1. The topological polar surface area (TPSA) is 60.2 Å². The molecule has 8 heteroatoms. The Bertz CT molecular complexity index is 3370. The average Bonchev–Trinajstić information content (AvgIpc) is 3.68. The van der Waals surface area contributed by atoms with Gasteiger partial charge in [0.15, 0.2) is 12.7 Å². The second-order valence-electron chi connectivity index (χ2n) is 14.3. The van der Waals surface area contributed by atoms with Crippen LogP contribution in [-0.2, 0) is 16.4 Å². The van der Waals surface area contributed by atoms with Crippen molar-refractivity contribution in [3.05, 3.63) is 194 Å². The molecule has 0 bridgehead atoms. The van der Waals surface area contributed by atoms with Crippen LogP contribution < -0.4 is 32.1 Å². The number of fused-ring (bicyclic) bond motifs is 10. The summed E-state index contributed by atoms with van der Waals surface area (Å²) in [7, 11) is -3.34. The van der Waals surface area contributed by atoms with Crippen LogP contribution in [0.4, 0.5) is 0 Å². The largest absolute Gasteiger partial charge is 0.309 e. The Morgan fingerprint density at radius 1 is 0.474 bits per heavy atom. The molecule has 1 unspecified atom stereocenters. The second-order valence-corrected chi connectivity index (χ2v) is 21.3. The molecule has 3 heterocycles. The van der Waals surface area contributed by atoms with Gasteiger partial charge in [-0.2, -0.15) is 0 Å². The lowest BCUT2D eigenvalue weighted by Crippen LogP contribution is -2.29. The summed E-state index contributed by atoms with van der Waals surface area (Å²) in [5.41, 5.74) is 5.04. The molecular formula is C49H32N4OP2S. The zero-order valence-corrected chi connectivity index (χ0v) is 33.1. The van der Waals surface area contributed by atoms with Crippen LogP contribution in [0.2, 0.25) is 0 Å². The summed E-state index contributed by atoms with van der Waals surface area (Å²) in [4.78, 5) is 15.5. The summed E-state index contributed by atoms with van der Waals surface area (Å²) in [5, 5.41) is 10.6. The Balaban J connectivity index is 1.20. The maximum Gasteiger partial charge on any atom is 0.171 e. The normalized spacial score (nSPS) is 13.2. The molecule has 0 aliphatic carbocycles. The number of aromatic nitrogens is 4. The number of imidazole rings is 1. The van der Waals surface area contributed by atoms with Gasteiger partial charge in [-0.3, -0.25) is 4.40 Å². The van der Waals surface area contributed by atoms with Gasteiger partial charge in [-0.1, -0.05) is 170 Å². The fraction of sp³-hybridized carbons (Fsp3) is 0. The fourth-order valence-corrected chi connectivity index (χ4v) is 14.7. The minimum Gasteiger partial charge on any atom is -0.309 e. The van der Waals surface area contributed by atoms with Gasteiger partial charge >= 0.3 is 0 Å². The highest BCUT2D eigenvalue weighted by Crippen LogP contribution is 2.47. The molecular weight excluding hydrogens is 755 g/mol. The van der Waals surface area contributed by atoms with E-state index in [0.717, 1.165) is 86.6 Å². The highest BCUT2D eigenvalue weighted by atomic mass is 32.4. The minimum absolute atomic E-state index is 0.646. The molecule has 0 spiro atoms. The lowest BCUT2D eigenvalue weighted by molar-refractivity contribution is 0.592. The molecule has 270 valence electrons. The van der Waals surface area contributed by atoms with E-state index < -0.39 is 13.2 Å². The molecule has 0 fully saturated rings. The number of para-hydroxylation sites is 1. The number of nitrogens with zero attached hydrogens (tertiary/aromatic N) is 4. The van der Waals surface area contributed by atoms with Gasteiger partial charge in [0.2, 0.25) is 0 Å². The van der Waals surface area contributed by atoms with Crippen molar-refractivity contribution in [2.45, 2.75) is 0 Å². The van der Waals surface area contributed by atoms with Crippen LogP contribution in [0.5, 0.6) is 0 Å². The predicted molar refractivity (Wildman–Crippen MR) is 244 cm³/mol. The predicted octanol–water partition coefficient (Wildman–Crippen LogP) is 9.29. The van der Waals surface area contributed by atoms with Crippen LogP contribution in [-0.4, -0.2) is 19.4 Å². The molecule has 1 atom stereocenters. The third-order valence-electron chi connectivity index (χ3n) is 11.1. The van der Waals surface area contributed by atoms with E-state index in [-0.39, 0.29) is 0 Å². The van der Waals surface area contributed by atoms with Gasteiger partial charge in [0.25, 0.3) is 0 Å². The minimum atomic E-state index is -3.34. The van der Waals surface area contributed by atoms with Gasteiger partial charge in [-0.05, 0) is 57.1 Å². The zero-order valence-electron chi connectivity index (χ0n) is 30.5. The second kappa shape index (κ2) is 13.1. The number of rotatable bonds is 6. The van der Waals surface area contributed by atoms with E-state index >= 15 is 4.57 Å². The summed E-state index contributed by atoms with van der Waals surface area (Å²) in [5.74, 6) is 0. The molecule has 0 amide bonds. The number of hydrogen-bond acceptors (Lipinski definition) is 5. The van der Waals surface area contributed by atoms with Crippen molar-refractivity contribution in [2.24, 2.45) is 0 Å². The third-order valence-corrected chi connectivity index (χ3v) is 18.8. The summed E-state index contributed by atoms with van der Waals surface area (Å²) < 4.78 is 18.2. The fourth-order valence-electron chi connectivity index (χ4n) is 8.41. The van der Waals surface area contributed by atoms with Crippen LogP contribution in [0.25, 0.3) is 60.0 Å². The standard InChI is InChI=1S/C49H32N4OP2S/c54-55(36-17-3-1-4-18-36,37-19-5-2-6-20-37)46-25-13-24-45-47(46)40-21-10-11-22-41(40)48-51-43-31-39(28-29-44(43)53(45)48)56(57,38-27-26-33-14-7-8-15-34(33)30-38)49-50-32-35-16-9-12-23-42(35)52-49/h1-32H. The summed E-state index contributed by atoms with van der Waals surface area (Å²) in [6.45, 7) is 0. The van der Waals surface area contributed by atoms with Crippen LogP contribution in [0.1, 0.15) is 0 Å². The van der Waals surface area contributed by atoms with Gasteiger partial charge in [0.1, 0.15) is 5.65 Å². The van der Waals surface area contributed by atoms with Crippen LogP contribution in [0.15, 0.2) is 194 Å². The van der Waals surface area contributed by atoms with Crippen molar-refractivity contribution < 1.29 is 4.57 Å². The smallest absolute Gasteiger partial charge is 0.171 e. The molecule has 8 aromatic carbocycles. The van der Waals surface area contributed by atoms with Crippen LogP contribution in [0.3, 0.4) is 0 Å². The van der Waals surface area contributed by atoms with E-state index in [1.807, 2.05) is 109 Å². The molecule has 5 nitrogen and oxygen atoms in total. The van der Waals surface area contributed by atoms with Crippen molar-refractivity contribution in [2.75, 3.05) is 0 Å². The number of benzene rings is 8. The van der Waals surface area contributed by atoms with E-state index in [1.54, 1.807) is 0 Å². The van der Waals surface area contributed by atoms with Crippen molar-refractivity contribution in [1.29, 1.82) is 0 Å². The Labute approximate surface area is 333 Å². The van der Waals surface area contributed by atoms with Crippen molar-refractivity contribution >= 4 is 117 Å². The SMILES string of the molecule is O=P(c1ccccc1)(c1ccccc1)c1cccc2c1c1ccccc1c1nc3cc(P(=S)(c4ccc5ccccc5c4)c4ncc5ccccc5n4)ccc3n21. The Morgan fingerprint density at radius 3 is 1.88 bits per heavy atom.